The summed E-state index contributed by atoms with van der Waals surface area (Å²) in [5.74, 6) is 0. The third kappa shape index (κ3) is 1.98. The van der Waals surface area contributed by atoms with Crippen molar-refractivity contribution in [1.29, 1.82) is 0 Å². The number of hydrogen-bond acceptors (Lipinski definition) is 2. The number of nitrogens with zero attached hydrogens (tertiary/aromatic N) is 2. The predicted molar refractivity (Wildman–Crippen MR) is 57.1 cm³/mol. The van der Waals surface area contributed by atoms with Crippen LogP contribution in [0.25, 0.3) is 0 Å². The minimum absolute atomic E-state index is 0.764. The lowest BCUT2D eigenvalue weighted by molar-refractivity contribution is 0.338. The van der Waals surface area contributed by atoms with E-state index in [1.54, 1.807) is 0 Å². The Labute approximate surface area is 85.5 Å². The molecule has 3 nitrogen and oxygen atoms in total. The van der Waals surface area contributed by atoms with Gasteiger partial charge in [-0.3, -0.25) is 4.68 Å². The van der Waals surface area contributed by atoms with E-state index in [2.05, 4.69) is 23.5 Å². The maximum Gasteiger partial charge on any atom is 0.0666 e. The van der Waals surface area contributed by atoms with Crippen LogP contribution in [0.4, 0.5) is 0 Å². The number of nitrogens with one attached hydrogen (secondary N) is 1. The van der Waals surface area contributed by atoms with Gasteiger partial charge in [0.2, 0.25) is 0 Å². The average molecular weight is 193 g/mol. The maximum absolute atomic E-state index is 4.43. The molecule has 78 valence electrons. The molecule has 0 radical (unpaired) electrons. The first-order valence-corrected chi connectivity index (χ1v) is 5.54. The van der Waals surface area contributed by atoms with E-state index in [1.165, 1.54) is 30.5 Å². The van der Waals surface area contributed by atoms with Gasteiger partial charge in [-0.15, -0.1) is 0 Å². The van der Waals surface area contributed by atoms with E-state index in [1.807, 2.05) is 11.7 Å². The van der Waals surface area contributed by atoms with E-state index in [9.17, 15) is 0 Å². The Hall–Kier alpha value is -0.830. The minimum Gasteiger partial charge on any atom is -0.310 e. The number of rotatable bonds is 4. The van der Waals surface area contributed by atoms with E-state index in [4.69, 9.17) is 0 Å². The average Bonchev–Trinajstić information content (AvgIpc) is 2.43. The van der Waals surface area contributed by atoms with Crippen molar-refractivity contribution < 1.29 is 0 Å². The van der Waals surface area contributed by atoms with Crippen LogP contribution in [0, 0.1) is 0 Å². The zero-order valence-corrected chi connectivity index (χ0v) is 9.08. The van der Waals surface area contributed by atoms with Gasteiger partial charge in [-0.1, -0.05) is 13.3 Å². The molecule has 0 atom stereocenters. The van der Waals surface area contributed by atoms with Gasteiger partial charge in [0.25, 0.3) is 0 Å². The van der Waals surface area contributed by atoms with Gasteiger partial charge >= 0.3 is 0 Å². The lowest BCUT2D eigenvalue weighted by Crippen LogP contribution is -2.34. The fraction of sp³-hybridized carbons (Fsp3) is 0.727. The SMILES string of the molecule is CCc1nn(C)cc1CNC1CCC1. The third-order valence-electron chi connectivity index (χ3n) is 3.01. The van der Waals surface area contributed by atoms with Gasteiger partial charge in [-0.2, -0.15) is 5.10 Å². The highest BCUT2D eigenvalue weighted by molar-refractivity contribution is 5.16. The molecule has 14 heavy (non-hydrogen) atoms. The maximum atomic E-state index is 4.43. The van der Waals surface area contributed by atoms with E-state index in [0.717, 1.165) is 19.0 Å². The standard InChI is InChI=1S/C11H19N3/c1-3-11-9(8-14(2)13-11)7-12-10-5-4-6-10/h8,10,12H,3-7H2,1-2H3. The summed E-state index contributed by atoms with van der Waals surface area (Å²) in [6.45, 7) is 3.15. The predicted octanol–water partition coefficient (Wildman–Crippen LogP) is 1.62. The molecule has 0 aliphatic heterocycles. The Morgan fingerprint density at radius 1 is 1.57 bits per heavy atom. The van der Waals surface area contributed by atoms with Gasteiger partial charge in [0.15, 0.2) is 0 Å². The van der Waals surface area contributed by atoms with Crippen molar-refractivity contribution in [3.63, 3.8) is 0 Å². The van der Waals surface area contributed by atoms with Gasteiger partial charge in [0, 0.05) is 31.4 Å². The summed E-state index contributed by atoms with van der Waals surface area (Å²) in [6.07, 6.45) is 7.25. The van der Waals surface area contributed by atoms with Gasteiger partial charge in [0.05, 0.1) is 5.69 Å². The van der Waals surface area contributed by atoms with Crippen molar-refractivity contribution in [1.82, 2.24) is 15.1 Å². The highest BCUT2D eigenvalue weighted by Crippen LogP contribution is 2.19. The molecule has 1 aromatic rings. The zero-order chi connectivity index (χ0) is 9.97. The van der Waals surface area contributed by atoms with Crippen LogP contribution in [0.2, 0.25) is 0 Å². The van der Waals surface area contributed by atoms with Crippen LogP contribution in [-0.4, -0.2) is 15.8 Å². The quantitative estimate of drug-likeness (QED) is 0.787. The summed E-state index contributed by atoms with van der Waals surface area (Å²) >= 11 is 0. The summed E-state index contributed by atoms with van der Waals surface area (Å²) in [4.78, 5) is 0. The molecule has 0 bridgehead atoms. The van der Waals surface area contributed by atoms with Gasteiger partial charge in [-0.25, -0.2) is 0 Å². The Bertz CT molecular complexity index is 299. The first kappa shape index (κ1) is 9.71. The second-order valence-corrected chi connectivity index (χ2v) is 4.14. The van der Waals surface area contributed by atoms with E-state index < -0.39 is 0 Å². The van der Waals surface area contributed by atoms with Crippen LogP contribution in [-0.2, 0) is 20.0 Å². The van der Waals surface area contributed by atoms with E-state index in [0.29, 0.717) is 0 Å². The highest BCUT2D eigenvalue weighted by Gasteiger charge is 2.17. The van der Waals surface area contributed by atoms with Crippen LogP contribution in [0.1, 0.15) is 37.4 Å². The molecule has 0 spiro atoms. The summed E-state index contributed by atoms with van der Waals surface area (Å²) in [5.41, 5.74) is 2.60. The van der Waals surface area contributed by atoms with E-state index >= 15 is 0 Å². The molecule has 1 saturated carbocycles. The molecule has 1 N–H and O–H groups in total. The molecule has 1 heterocycles. The second kappa shape index (κ2) is 4.13. The molecule has 1 aliphatic rings. The smallest absolute Gasteiger partial charge is 0.0666 e. The fourth-order valence-electron chi connectivity index (χ4n) is 1.90. The van der Waals surface area contributed by atoms with Gasteiger partial charge < -0.3 is 5.32 Å². The lowest BCUT2D eigenvalue weighted by atomic mass is 9.93. The molecule has 2 rings (SSSR count). The lowest BCUT2D eigenvalue weighted by Gasteiger charge is -2.26. The van der Waals surface area contributed by atoms with Crippen molar-refractivity contribution >= 4 is 0 Å². The van der Waals surface area contributed by atoms with Crippen LogP contribution < -0.4 is 5.32 Å². The normalized spacial score (nSPS) is 17.0. The Kier molecular flexibility index (Phi) is 2.87. The molecule has 1 fully saturated rings. The molecule has 0 unspecified atom stereocenters. The fourth-order valence-corrected chi connectivity index (χ4v) is 1.90. The summed E-state index contributed by atoms with van der Waals surface area (Å²) in [7, 11) is 1.99. The first-order chi connectivity index (χ1) is 6.79. The zero-order valence-electron chi connectivity index (χ0n) is 9.08. The van der Waals surface area contributed by atoms with Crippen LogP contribution >= 0.6 is 0 Å². The van der Waals surface area contributed by atoms with Crippen LogP contribution in [0.15, 0.2) is 6.20 Å². The van der Waals surface area contributed by atoms with E-state index in [-0.39, 0.29) is 0 Å². The van der Waals surface area contributed by atoms with Crippen molar-refractivity contribution in [3.05, 3.63) is 17.5 Å². The summed E-state index contributed by atoms with van der Waals surface area (Å²) in [6, 6.07) is 0.764. The van der Waals surface area contributed by atoms with Crippen LogP contribution in [0.5, 0.6) is 0 Å². The molecule has 1 aliphatic carbocycles. The van der Waals surface area contributed by atoms with Crippen LogP contribution in [0.3, 0.4) is 0 Å². The molecule has 1 aromatic heterocycles. The number of aromatic nitrogens is 2. The molecule has 0 amide bonds. The third-order valence-corrected chi connectivity index (χ3v) is 3.01. The van der Waals surface area contributed by atoms with Crippen molar-refractivity contribution in [3.8, 4) is 0 Å². The topological polar surface area (TPSA) is 29.9 Å². The number of hydrogen-bond donors (Lipinski definition) is 1. The Morgan fingerprint density at radius 3 is 2.93 bits per heavy atom. The van der Waals surface area contributed by atoms with Crippen molar-refractivity contribution in [2.75, 3.05) is 0 Å². The second-order valence-electron chi connectivity index (χ2n) is 4.14. The van der Waals surface area contributed by atoms with Crippen molar-refractivity contribution in [2.24, 2.45) is 7.05 Å². The Morgan fingerprint density at radius 2 is 2.36 bits per heavy atom. The van der Waals surface area contributed by atoms with Gasteiger partial charge in [0.1, 0.15) is 0 Å². The van der Waals surface area contributed by atoms with Gasteiger partial charge in [-0.05, 0) is 19.3 Å². The molecule has 0 aromatic carbocycles. The van der Waals surface area contributed by atoms with Crippen molar-refractivity contribution in [2.45, 2.75) is 45.2 Å². The molecular formula is C11H19N3. The summed E-state index contributed by atoms with van der Waals surface area (Å²) in [5, 5.41) is 8.00. The largest absolute Gasteiger partial charge is 0.310 e. The highest BCUT2D eigenvalue weighted by atomic mass is 15.3. The summed E-state index contributed by atoms with van der Waals surface area (Å²) < 4.78 is 1.91. The molecule has 3 heteroatoms. The number of aryl methyl sites for hydroxylation is 2. The molecular weight excluding hydrogens is 174 g/mol. The first-order valence-electron chi connectivity index (χ1n) is 5.54. The minimum atomic E-state index is 0.764. The Balaban J connectivity index is 1.92. The monoisotopic (exact) mass is 193 g/mol. The molecule has 0 saturated heterocycles.